The first-order chi connectivity index (χ1) is 7.36. The van der Waals surface area contributed by atoms with E-state index in [0.29, 0.717) is 12.0 Å². The minimum Gasteiger partial charge on any atom is -0.377 e. The van der Waals surface area contributed by atoms with Gasteiger partial charge < -0.3 is 15.0 Å². The van der Waals surface area contributed by atoms with Crippen LogP contribution in [0.4, 0.5) is 0 Å². The van der Waals surface area contributed by atoms with Crippen LogP contribution in [-0.2, 0) is 4.74 Å². The van der Waals surface area contributed by atoms with Gasteiger partial charge in [0, 0.05) is 13.1 Å². The van der Waals surface area contributed by atoms with Crippen molar-refractivity contribution in [3.05, 3.63) is 0 Å². The van der Waals surface area contributed by atoms with Gasteiger partial charge in [0.2, 0.25) is 0 Å². The van der Waals surface area contributed by atoms with Crippen LogP contribution < -0.4 is 5.32 Å². The summed E-state index contributed by atoms with van der Waals surface area (Å²) in [5, 5.41) is 3.41. The van der Waals surface area contributed by atoms with Crippen LogP contribution in [0.2, 0.25) is 0 Å². The molecular formula is C12H24N2O. The number of hydrogen-bond donors (Lipinski definition) is 1. The second-order valence-corrected chi connectivity index (χ2v) is 4.93. The number of piperidine rings is 1. The van der Waals surface area contributed by atoms with E-state index in [2.05, 4.69) is 17.1 Å². The number of hydrogen-bond acceptors (Lipinski definition) is 3. The van der Waals surface area contributed by atoms with Crippen LogP contribution in [0.15, 0.2) is 0 Å². The second-order valence-electron chi connectivity index (χ2n) is 4.93. The van der Waals surface area contributed by atoms with Gasteiger partial charge in [-0.15, -0.1) is 0 Å². The fraction of sp³-hybridized carbons (Fsp3) is 1.00. The Morgan fingerprint density at radius 1 is 1.33 bits per heavy atom. The molecule has 0 spiro atoms. The standard InChI is InChI=1S/C12H24N2O/c1-11-10-13-5-4-12(11)15-9-8-14-6-2-3-7-14/h11-13H,2-10H2,1H3. The molecule has 0 radical (unpaired) electrons. The van der Waals surface area contributed by atoms with Gasteiger partial charge >= 0.3 is 0 Å². The Hall–Kier alpha value is -0.120. The van der Waals surface area contributed by atoms with Crippen LogP contribution >= 0.6 is 0 Å². The summed E-state index contributed by atoms with van der Waals surface area (Å²) in [6, 6.07) is 0. The second kappa shape index (κ2) is 5.83. The van der Waals surface area contributed by atoms with Crippen LogP contribution in [0, 0.1) is 5.92 Å². The molecular weight excluding hydrogens is 188 g/mol. The summed E-state index contributed by atoms with van der Waals surface area (Å²) in [4.78, 5) is 2.52. The highest BCUT2D eigenvalue weighted by Gasteiger charge is 2.21. The van der Waals surface area contributed by atoms with Gasteiger partial charge in [0.05, 0.1) is 12.7 Å². The van der Waals surface area contributed by atoms with Gasteiger partial charge in [-0.1, -0.05) is 6.92 Å². The number of rotatable bonds is 4. The lowest BCUT2D eigenvalue weighted by molar-refractivity contribution is -0.00646. The molecule has 2 aliphatic heterocycles. The molecule has 2 rings (SSSR count). The van der Waals surface area contributed by atoms with E-state index in [-0.39, 0.29) is 0 Å². The molecule has 3 nitrogen and oxygen atoms in total. The van der Waals surface area contributed by atoms with Crippen LogP contribution in [-0.4, -0.2) is 50.3 Å². The van der Waals surface area contributed by atoms with E-state index in [4.69, 9.17) is 4.74 Å². The summed E-state index contributed by atoms with van der Waals surface area (Å²) >= 11 is 0. The molecule has 2 fully saturated rings. The van der Waals surface area contributed by atoms with Crippen molar-refractivity contribution < 1.29 is 4.74 Å². The van der Waals surface area contributed by atoms with Crippen molar-refractivity contribution in [2.45, 2.75) is 32.3 Å². The molecule has 3 heteroatoms. The maximum absolute atomic E-state index is 5.98. The molecule has 2 aliphatic rings. The Morgan fingerprint density at radius 3 is 2.87 bits per heavy atom. The fourth-order valence-electron chi connectivity index (χ4n) is 2.58. The maximum atomic E-state index is 5.98. The predicted molar refractivity (Wildman–Crippen MR) is 62.1 cm³/mol. The average molecular weight is 212 g/mol. The number of nitrogens with zero attached hydrogens (tertiary/aromatic N) is 1. The van der Waals surface area contributed by atoms with Crippen LogP contribution in [0.1, 0.15) is 26.2 Å². The van der Waals surface area contributed by atoms with Crippen molar-refractivity contribution in [3.8, 4) is 0 Å². The third-order valence-corrected chi connectivity index (χ3v) is 3.64. The van der Waals surface area contributed by atoms with Crippen molar-refractivity contribution >= 4 is 0 Å². The summed E-state index contributed by atoms with van der Waals surface area (Å²) in [7, 11) is 0. The van der Waals surface area contributed by atoms with Gasteiger partial charge in [0.1, 0.15) is 0 Å². The maximum Gasteiger partial charge on any atom is 0.0625 e. The molecule has 1 N–H and O–H groups in total. The van der Waals surface area contributed by atoms with E-state index in [1.165, 1.54) is 32.4 Å². The molecule has 2 unspecified atom stereocenters. The zero-order valence-electron chi connectivity index (χ0n) is 9.87. The Morgan fingerprint density at radius 2 is 2.13 bits per heavy atom. The van der Waals surface area contributed by atoms with E-state index >= 15 is 0 Å². The van der Waals surface area contributed by atoms with Gasteiger partial charge in [-0.2, -0.15) is 0 Å². The Kier molecular flexibility index (Phi) is 4.42. The van der Waals surface area contributed by atoms with Crippen LogP contribution in [0.25, 0.3) is 0 Å². The highest BCUT2D eigenvalue weighted by atomic mass is 16.5. The smallest absolute Gasteiger partial charge is 0.0625 e. The lowest BCUT2D eigenvalue weighted by Gasteiger charge is -2.30. The number of nitrogens with one attached hydrogen (secondary N) is 1. The van der Waals surface area contributed by atoms with Crippen molar-refractivity contribution in [1.82, 2.24) is 10.2 Å². The molecule has 0 saturated carbocycles. The minimum absolute atomic E-state index is 0.494. The molecule has 2 heterocycles. The van der Waals surface area contributed by atoms with Crippen molar-refractivity contribution in [2.24, 2.45) is 5.92 Å². The van der Waals surface area contributed by atoms with Gasteiger partial charge in [-0.05, 0) is 44.8 Å². The molecule has 0 aromatic heterocycles. The van der Waals surface area contributed by atoms with Gasteiger partial charge in [-0.25, -0.2) is 0 Å². The highest BCUT2D eigenvalue weighted by Crippen LogP contribution is 2.14. The van der Waals surface area contributed by atoms with E-state index < -0.39 is 0 Å². The molecule has 88 valence electrons. The van der Waals surface area contributed by atoms with Gasteiger partial charge in [-0.3, -0.25) is 0 Å². The summed E-state index contributed by atoms with van der Waals surface area (Å²) in [6.45, 7) is 9.15. The van der Waals surface area contributed by atoms with Crippen LogP contribution in [0.5, 0.6) is 0 Å². The molecule has 0 amide bonds. The molecule has 0 bridgehead atoms. The van der Waals surface area contributed by atoms with E-state index in [1.807, 2.05) is 0 Å². The first kappa shape index (κ1) is 11.4. The Bertz CT molecular complexity index is 180. The van der Waals surface area contributed by atoms with Crippen molar-refractivity contribution in [1.29, 1.82) is 0 Å². The topological polar surface area (TPSA) is 24.5 Å². The Balaban J connectivity index is 1.59. The highest BCUT2D eigenvalue weighted by molar-refractivity contribution is 4.75. The summed E-state index contributed by atoms with van der Waals surface area (Å²) in [6.07, 6.45) is 4.43. The van der Waals surface area contributed by atoms with E-state index in [9.17, 15) is 0 Å². The first-order valence-corrected chi connectivity index (χ1v) is 6.41. The average Bonchev–Trinajstić information content (AvgIpc) is 2.74. The molecule has 15 heavy (non-hydrogen) atoms. The number of ether oxygens (including phenoxy) is 1. The molecule has 2 atom stereocenters. The molecule has 0 aromatic rings. The molecule has 0 aromatic carbocycles. The van der Waals surface area contributed by atoms with Crippen LogP contribution in [0.3, 0.4) is 0 Å². The summed E-state index contributed by atoms with van der Waals surface area (Å²) in [5.74, 6) is 0.678. The normalized spacial score (nSPS) is 33.4. The predicted octanol–water partition coefficient (Wildman–Crippen LogP) is 1.10. The Labute approximate surface area is 93.2 Å². The SMILES string of the molecule is CC1CNCCC1OCCN1CCCC1. The fourth-order valence-corrected chi connectivity index (χ4v) is 2.58. The van der Waals surface area contributed by atoms with Gasteiger partial charge in [0.15, 0.2) is 0 Å². The zero-order valence-corrected chi connectivity index (χ0v) is 9.87. The monoisotopic (exact) mass is 212 g/mol. The molecule has 0 aliphatic carbocycles. The third-order valence-electron chi connectivity index (χ3n) is 3.64. The number of likely N-dealkylation sites (tertiary alicyclic amines) is 1. The van der Waals surface area contributed by atoms with Gasteiger partial charge in [0.25, 0.3) is 0 Å². The first-order valence-electron chi connectivity index (χ1n) is 6.41. The lowest BCUT2D eigenvalue weighted by Crippen LogP contribution is -2.40. The van der Waals surface area contributed by atoms with Crippen molar-refractivity contribution in [3.63, 3.8) is 0 Å². The third kappa shape index (κ3) is 3.44. The lowest BCUT2D eigenvalue weighted by atomic mass is 9.98. The summed E-state index contributed by atoms with van der Waals surface area (Å²) in [5.41, 5.74) is 0. The minimum atomic E-state index is 0.494. The zero-order chi connectivity index (χ0) is 10.5. The van der Waals surface area contributed by atoms with E-state index in [0.717, 1.165) is 26.2 Å². The largest absolute Gasteiger partial charge is 0.377 e. The molecule has 2 saturated heterocycles. The van der Waals surface area contributed by atoms with Crippen molar-refractivity contribution in [2.75, 3.05) is 39.3 Å². The van der Waals surface area contributed by atoms with E-state index in [1.54, 1.807) is 0 Å². The summed E-state index contributed by atoms with van der Waals surface area (Å²) < 4.78 is 5.98. The quantitative estimate of drug-likeness (QED) is 0.755.